The van der Waals surface area contributed by atoms with Crippen LogP contribution in [0.4, 0.5) is 9.59 Å². The largest absolute Gasteiger partial charge is 0.453 e. The molecule has 0 unspecified atom stereocenters. The standard InChI is InChI=1S/C51H52N8O7/c1-64-50(62)56-41(28-7-4-3-5-8-28)48(60)58-22-6-9-40(58)46-52-38-18-13-32-25-30(11-16-36(32)43(38)54-46)31-12-17-37-33(26-31)14-19-39-44(37)55-47(53-39)45-34-10-15-35(27-34)59(45)49(61)42(57-51(63)65-2)29-20-23-66-24-21-29/h3-5,7-8,11-14,16-19,25-26,29,34-35,40-42,45H,6,9-10,15,20-24,27H2,1-2H3,(H,52,54)(H,53,55)(H,56,62)(H,57,63)/t34-,35+,40-,41+,42-,45-/m0/s1. The van der Waals surface area contributed by atoms with E-state index in [1.807, 2.05) is 52.3 Å². The molecule has 3 aliphatic heterocycles. The van der Waals surface area contributed by atoms with E-state index in [2.05, 4.69) is 69.1 Å². The summed E-state index contributed by atoms with van der Waals surface area (Å²) in [6.07, 6.45) is 4.56. The Kier molecular flexibility index (Phi) is 10.8. The number of aromatic amines is 2. The number of nitrogens with zero attached hydrogens (tertiary/aromatic N) is 4. The van der Waals surface area contributed by atoms with Crippen molar-refractivity contribution < 1.29 is 33.4 Å². The first-order valence-electron chi connectivity index (χ1n) is 23.1. The second kappa shape index (κ2) is 17.1. The Balaban J connectivity index is 0.861. The maximum Gasteiger partial charge on any atom is 0.407 e. The highest BCUT2D eigenvalue weighted by Gasteiger charge is 2.52. The van der Waals surface area contributed by atoms with Gasteiger partial charge in [-0.05, 0) is 109 Å². The van der Waals surface area contributed by atoms with E-state index in [0.717, 1.165) is 98.5 Å². The molecule has 6 atom stereocenters. The number of nitrogens with one attached hydrogen (secondary N) is 4. The maximum absolute atomic E-state index is 14.5. The van der Waals surface area contributed by atoms with Crippen molar-refractivity contribution in [3.63, 3.8) is 0 Å². The van der Waals surface area contributed by atoms with E-state index in [-0.39, 0.29) is 41.8 Å². The number of H-pyrrole nitrogens is 2. The van der Waals surface area contributed by atoms with Crippen LogP contribution in [-0.2, 0) is 23.8 Å². The van der Waals surface area contributed by atoms with Crippen molar-refractivity contribution in [2.24, 2.45) is 11.8 Å². The molecule has 4 aliphatic rings. The van der Waals surface area contributed by atoms with E-state index in [9.17, 15) is 19.2 Å². The fourth-order valence-electron chi connectivity index (χ4n) is 11.3. The number of piperidine rings is 1. The third-order valence-electron chi connectivity index (χ3n) is 14.6. The van der Waals surface area contributed by atoms with E-state index in [1.165, 1.54) is 14.2 Å². The number of ether oxygens (including phenoxy) is 3. The normalized spacial score (nSPS) is 21.7. The Morgan fingerprint density at radius 3 is 2.02 bits per heavy atom. The lowest BCUT2D eigenvalue weighted by molar-refractivity contribution is -0.140. The van der Waals surface area contributed by atoms with Crippen LogP contribution >= 0.6 is 0 Å². The predicted octanol–water partition coefficient (Wildman–Crippen LogP) is 8.38. The minimum Gasteiger partial charge on any atom is -0.453 e. The minimum atomic E-state index is -0.893. The number of hydrogen-bond donors (Lipinski definition) is 4. The van der Waals surface area contributed by atoms with Crippen molar-refractivity contribution in [3.05, 3.63) is 108 Å². The van der Waals surface area contributed by atoms with Gasteiger partial charge in [0.2, 0.25) is 5.91 Å². The number of imidazole rings is 2. The molecule has 15 nitrogen and oxygen atoms in total. The quantitative estimate of drug-likeness (QED) is 0.111. The zero-order valence-corrected chi connectivity index (χ0v) is 36.9. The summed E-state index contributed by atoms with van der Waals surface area (Å²) in [4.78, 5) is 74.8. The van der Waals surface area contributed by atoms with Crippen LogP contribution in [0.1, 0.15) is 80.3 Å². The molecule has 7 aromatic rings. The topological polar surface area (TPSA) is 184 Å². The van der Waals surface area contributed by atoms with Crippen molar-refractivity contribution in [2.45, 2.75) is 75.2 Å². The molecule has 15 heteroatoms. The summed E-state index contributed by atoms with van der Waals surface area (Å²) in [5, 5.41) is 9.84. The molecule has 1 saturated carbocycles. The van der Waals surface area contributed by atoms with Crippen molar-refractivity contribution in [3.8, 4) is 11.1 Å². The average molecular weight is 889 g/mol. The fraction of sp³-hybridized carbons (Fsp3) is 0.373. The Morgan fingerprint density at radius 1 is 0.712 bits per heavy atom. The molecule has 4 fully saturated rings. The fourth-order valence-corrected chi connectivity index (χ4v) is 11.3. The molecule has 2 bridgehead atoms. The van der Waals surface area contributed by atoms with Crippen LogP contribution in [0.15, 0.2) is 91.0 Å². The monoisotopic (exact) mass is 888 g/mol. The molecule has 338 valence electrons. The molecule has 1 aliphatic carbocycles. The first kappa shape index (κ1) is 41.7. The highest BCUT2D eigenvalue weighted by molar-refractivity contribution is 6.07. The number of amides is 4. The molecule has 11 rings (SSSR count). The van der Waals surface area contributed by atoms with E-state index in [1.54, 1.807) is 0 Å². The van der Waals surface area contributed by atoms with Crippen molar-refractivity contribution in [1.82, 2.24) is 40.4 Å². The summed E-state index contributed by atoms with van der Waals surface area (Å²) in [5.74, 6) is 1.47. The summed E-state index contributed by atoms with van der Waals surface area (Å²) >= 11 is 0. The third kappa shape index (κ3) is 7.35. The van der Waals surface area contributed by atoms with Gasteiger partial charge in [-0.3, -0.25) is 9.59 Å². The van der Waals surface area contributed by atoms with E-state index >= 15 is 0 Å². The number of benzene rings is 5. The molecular weight excluding hydrogens is 837 g/mol. The first-order chi connectivity index (χ1) is 32.3. The maximum atomic E-state index is 14.5. The van der Waals surface area contributed by atoms with E-state index in [0.29, 0.717) is 38.2 Å². The van der Waals surface area contributed by atoms with Crippen molar-refractivity contribution >= 4 is 67.6 Å². The van der Waals surface area contributed by atoms with Gasteiger partial charge in [0.15, 0.2) is 0 Å². The highest BCUT2D eigenvalue weighted by Crippen LogP contribution is 2.51. The number of carbonyl (C=O) groups excluding carboxylic acids is 4. The SMILES string of the molecule is COC(=O)N[C@H](C(=O)N1[C@@H]2CC[C@@H](C2)[C@H]1c1nc2ccc3cc(-c4ccc5c(ccc6nc([C@@H]7CCCN7C(=O)[C@H](NC(=O)OC)c7ccccc7)[nH]c65)c4)ccc3c2[nH]1)C1CCOCC1. The number of rotatable bonds is 9. The van der Waals surface area contributed by atoms with Crippen LogP contribution in [0.25, 0.3) is 54.7 Å². The molecule has 0 spiro atoms. The summed E-state index contributed by atoms with van der Waals surface area (Å²) in [6, 6.07) is 28.5. The van der Waals surface area contributed by atoms with Gasteiger partial charge in [-0.1, -0.05) is 66.7 Å². The van der Waals surface area contributed by atoms with Crippen molar-refractivity contribution in [2.75, 3.05) is 34.0 Å². The van der Waals surface area contributed by atoms with E-state index < -0.39 is 24.3 Å². The second-order valence-electron chi connectivity index (χ2n) is 18.2. The summed E-state index contributed by atoms with van der Waals surface area (Å²) in [7, 11) is 2.62. The molecule has 66 heavy (non-hydrogen) atoms. The van der Waals surface area contributed by atoms with Gasteiger partial charge < -0.3 is 44.6 Å². The molecule has 4 N–H and O–H groups in total. The number of methoxy groups -OCH3 is 2. The predicted molar refractivity (Wildman–Crippen MR) is 248 cm³/mol. The van der Waals surface area contributed by atoms with Gasteiger partial charge in [-0.25, -0.2) is 19.6 Å². The van der Waals surface area contributed by atoms with Gasteiger partial charge in [0.25, 0.3) is 5.91 Å². The molecular formula is C51H52N8O7. The van der Waals surface area contributed by atoms with Crippen LogP contribution in [0.3, 0.4) is 0 Å². The number of aromatic nitrogens is 4. The van der Waals surface area contributed by atoms with Gasteiger partial charge >= 0.3 is 12.2 Å². The minimum absolute atomic E-state index is 0.0355. The molecule has 5 heterocycles. The molecule has 4 amide bonds. The zero-order valence-electron chi connectivity index (χ0n) is 36.9. The molecule has 0 radical (unpaired) electrons. The number of likely N-dealkylation sites (tertiary alicyclic amines) is 2. The van der Waals surface area contributed by atoms with Crippen molar-refractivity contribution in [1.29, 1.82) is 0 Å². The number of hydrogen-bond acceptors (Lipinski definition) is 9. The molecule has 2 aromatic heterocycles. The van der Waals surface area contributed by atoms with Gasteiger partial charge in [-0.15, -0.1) is 0 Å². The van der Waals surface area contributed by atoms with Crippen LogP contribution in [0.2, 0.25) is 0 Å². The lowest BCUT2D eigenvalue weighted by Gasteiger charge is -2.39. The van der Waals surface area contributed by atoms with Crippen LogP contribution in [0, 0.1) is 11.8 Å². The Bertz CT molecular complexity index is 3020. The van der Waals surface area contributed by atoms with Gasteiger partial charge in [0.1, 0.15) is 23.7 Å². The van der Waals surface area contributed by atoms with Gasteiger partial charge in [0, 0.05) is 36.6 Å². The third-order valence-corrected chi connectivity index (χ3v) is 14.6. The molecule has 5 aromatic carbocycles. The van der Waals surface area contributed by atoms with Crippen LogP contribution in [-0.4, -0.2) is 99.8 Å². The summed E-state index contributed by atoms with van der Waals surface area (Å²) < 4.78 is 15.4. The zero-order chi connectivity index (χ0) is 45.1. The van der Waals surface area contributed by atoms with Crippen LogP contribution < -0.4 is 10.6 Å². The smallest absolute Gasteiger partial charge is 0.407 e. The molecule has 3 saturated heterocycles. The number of alkyl carbamates (subject to hydrolysis) is 2. The Hall–Kier alpha value is -7.00. The number of carbonyl (C=O) groups is 4. The van der Waals surface area contributed by atoms with Crippen LogP contribution in [0.5, 0.6) is 0 Å². The second-order valence-corrected chi connectivity index (χ2v) is 18.2. The summed E-state index contributed by atoms with van der Waals surface area (Å²) in [5.41, 5.74) is 6.34. The average Bonchev–Trinajstić information content (AvgIpc) is 4.23. The van der Waals surface area contributed by atoms with Gasteiger partial charge in [-0.2, -0.15) is 0 Å². The lowest BCUT2D eigenvalue weighted by atomic mass is 9.89. The first-order valence-corrected chi connectivity index (χ1v) is 23.1. The summed E-state index contributed by atoms with van der Waals surface area (Å²) in [6.45, 7) is 1.67. The lowest BCUT2D eigenvalue weighted by Crippen LogP contribution is -2.55. The Morgan fingerprint density at radius 2 is 1.35 bits per heavy atom. The number of fused-ring (bicyclic) bond motifs is 8. The van der Waals surface area contributed by atoms with Gasteiger partial charge in [0.05, 0.1) is 48.4 Å². The Labute approximate surface area is 380 Å². The van der Waals surface area contributed by atoms with E-state index in [4.69, 9.17) is 24.2 Å². The highest BCUT2D eigenvalue weighted by atomic mass is 16.5.